The number of carbonyl (C=O) groups excluding carboxylic acids is 1. The van der Waals surface area contributed by atoms with Crippen molar-refractivity contribution in [2.75, 3.05) is 5.32 Å². The quantitative estimate of drug-likeness (QED) is 0.945. The van der Waals surface area contributed by atoms with Crippen LogP contribution in [0.15, 0.2) is 29.4 Å². The number of amides is 1. The number of rotatable bonds is 3. The average molecular weight is 316 g/mol. The summed E-state index contributed by atoms with van der Waals surface area (Å²) in [5.41, 5.74) is 3.46. The molecule has 1 aliphatic heterocycles. The van der Waals surface area contributed by atoms with E-state index in [1.165, 1.54) is 12.1 Å². The highest BCUT2D eigenvalue weighted by Gasteiger charge is 2.30. The minimum absolute atomic E-state index is 0.292. The molecule has 0 radical (unpaired) electrons. The van der Waals surface area contributed by atoms with Crippen LogP contribution in [0.25, 0.3) is 0 Å². The van der Waals surface area contributed by atoms with Crippen LogP contribution in [-0.2, 0) is 16.7 Å². The number of aromatic nitrogens is 2. The minimum atomic E-state index is -0.729. The summed E-state index contributed by atoms with van der Waals surface area (Å²) >= 11 is 0. The van der Waals surface area contributed by atoms with Crippen molar-refractivity contribution in [3.05, 3.63) is 47.0 Å². The van der Waals surface area contributed by atoms with E-state index in [4.69, 9.17) is 4.84 Å². The standard InChI is InChI=1S/C16H17FN4O2/c1-9-15(10(2)21(3)19-9)18-16(22)14-8-13(20-23-14)11-5-4-6-12(17)7-11/h4-7,14H,8H2,1-3H3,(H,18,22). The van der Waals surface area contributed by atoms with E-state index >= 15 is 0 Å². The first-order valence-corrected chi connectivity index (χ1v) is 7.25. The summed E-state index contributed by atoms with van der Waals surface area (Å²) in [6.45, 7) is 3.70. The second-order valence-electron chi connectivity index (χ2n) is 5.51. The van der Waals surface area contributed by atoms with Gasteiger partial charge in [-0.25, -0.2) is 4.39 Å². The zero-order valence-corrected chi connectivity index (χ0v) is 13.1. The summed E-state index contributed by atoms with van der Waals surface area (Å²) in [5.74, 6) is -0.640. The van der Waals surface area contributed by atoms with Crippen molar-refractivity contribution >= 4 is 17.3 Å². The molecule has 1 atom stereocenters. The van der Waals surface area contributed by atoms with E-state index in [1.54, 1.807) is 16.8 Å². The SMILES string of the molecule is Cc1nn(C)c(C)c1NC(=O)C1CC(c2cccc(F)c2)=NO1. The number of nitrogens with zero attached hydrogens (tertiary/aromatic N) is 3. The molecule has 1 aromatic carbocycles. The van der Waals surface area contributed by atoms with Crippen molar-refractivity contribution < 1.29 is 14.0 Å². The number of halogens is 1. The van der Waals surface area contributed by atoms with E-state index < -0.39 is 6.10 Å². The van der Waals surface area contributed by atoms with Gasteiger partial charge in [-0.3, -0.25) is 9.48 Å². The Morgan fingerprint density at radius 3 is 2.87 bits per heavy atom. The van der Waals surface area contributed by atoms with Gasteiger partial charge in [0.05, 0.1) is 22.8 Å². The van der Waals surface area contributed by atoms with Gasteiger partial charge in [0.15, 0.2) is 0 Å². The zero-order chi connectivity index (χ0) is 16.6. The van der Waals surface area contributed by atoms with Gasteiger partial charge in [-0.2, -0.15) is 5.10 Å². The van der Waals surface area contributed by atoms with Crippen LogP contribution in [0.5, 0.6) is 0 Å². The third-order valence-corrected chi connectivity index (χ3v) is 3.88. The van der Waals surface area contributed by atoms with Crippen molar-refractivity contribution in [1.82, 2.24) is 9.78 Å². The molecule has 1 N–H and O–H groups in total. The van der Waals surface area contributed by atoms with Gasteiger partial charge in [-0.05, 0) is 26.0 Å². The molecule has 1 aliphatic rings. The molecule has 1 unspecified atom stereocenters. The fourth-order valence-electron chi connectivity index (χ4n) is 2.51. The van der Waals surface area contributed by atoms with E-state index in [2.05, 4.69) is 15.6 Å². The summed E-state index contributed by atoms with van der Waals surface area (Å²) < 4.78 is 15.0. The lowest BCUT2D eigenvalue weighted by Crippen LogP contribution is -2.28. The Morgan fingerprint density at radius 1 is 1.43 bits per heavy atom. The molecule has 0 aliphatic carbocycles. The number of benzene rings is 1. The Balaban J connectivity index is 1.69. The topological polar surface area (TPSA) is 68.5 Å². The highest BCUT2D eigenvalue weighted by molar-refractivity contribution is 6.06. The maximum Gasteiger partial charge on any atom is 0.268 e. The first-order valence-electron chi connectivity index (χ1n) is 7.25. The van der Waals surface area contributed by atoms with Gasteiger partial charge >= 0.3 is 0 Å². The predicted octanol–water partition coefficient (Wildman–Crippen LogP) is 2.31. The molecule has 23 heavy (non-hydrogen) atoms. The number of carbonyl (C=O) groups is 1. The molecule has 0 fully saturated rings. The van der Waals surface area contributed by atoms with Crippen LogP contribution < -0.4 is 5.32 Å². The number of oxime groups is 1. The minimum Gasteiger partial charge on any atom is -0.382 e. The average Bonchev–Trinajstić information content (AvgIpc) is 3.09. The number of nitrogens with one attached hydrogen (secondary N) is 1. The van der Waals surface area contributed by atoms with Gasteiger partial charge in [0.2, 0.25) is 6.10 Å². The number of aryl methyl sites for hydroxylation is 2. The molecule has 0 spiro atoms. The monoisotopic (exact) mass is 316 g/mol. The van der Waals surface area contributed by atoms with Crippen LogP contribution in [0, 0.1) is 19.7 Å². The van der Waals surface area contributed by atoms with Gasteiger partial charge in [-0.1, -0.05) is 17.3 Å². The number of hydrogen-bond acceptors (Lipinski definition) is 4. The van der Waals surface area contributed by atoms with E-state index in [0.717, 1.165) is 11.4 Å². The Kier molecular flexibility index (Phi) is 3.85. The zero-order valence-electron chi connectivity index (χ0n) is 13.1. The van der Waals surface area contributed by atoms with Crippen LogP contribution >= 0.6 is 0 Å². The Hall–Kier alpha value is -2.70. The van der Waals surface area contributed by atoms with E-state index in [1.807, 2.05) is 20.9 Å². The van der Waals surface area contributed by atoms with Gasteiger partial charge in [0.25, 0.3) is 5.91 Å². The Morgan fingerprint density at radius 2 is 2.22 bits per heavy atom. The molecule has 2 aromatic rings. The molecular weight excluding hydrogens is 299 g/mol. The highest BCUT2D eigenvalue weighted by Crippen LogP contribution is 2.22. The molecule has 1 amide bonds. The second-order valence-corrected chi connectivity index (χ2v) is 5.51. The number of anilines is 1. The molecule has 3 rings (SSSR count). The molecule has 0 saturated heterocycles. The van der Waals surface area contributed by atoms with E-state index in [9.17, 15) is 9.18 Å². The third-order valence-electron chi connectivity index (χ3n) is 3.88. The lowest BCUT2D eigenvalue weighted by atomic mass is 10.0. The van der Waals surface area contributed by atoms with Crippen LogP contribution in [0.4, 0.5) is 10.1 Å². The van der Waals surface area contributed by atoms with Gasteiger partial charge in [-0.15, -0.1) is 0 Å². The van der Waals surface area contributed by atoms with Crippen molar-refractivity contribution in [2.24, 2.45) is 12.2 Å². The van der Waals surface area contributed by atoms with Crippen LogP contribution in [-0.4, -0.2) is 27.5 Å². The Labute approximate surface area is 132 Å². The normalized spacial score (nSPS) is 16.9. The van der Waals surface area contributed by atoms with Crippen molar-refractivity contribution in [2.45, 2.75) is 26.4 Å². The van der Waals surface area contributed by atoms with Crippen molar-refractivity contribution in [1.29, 1.82) is 0 Å². The van der Waals surface area contributed by atoms with Gasteiger partial charge in [0, 0.05) is 19.0 Å². The molecule has 120 valence electrons. The molecule has 6 nitrogen and oxygen atoms in total. The fraction of sp³-hybridized carbons (Fsp3) is 0.312. The van der Waals surface area contributed by atoms with Crippen molar-refractivity contribution in [3.63, 3.8) is 0 Å². The van der Waals surface area contributed by atoms with Gasteiger partial charge in [0.1, 0.15) is 5.82 Å². The van der Waals surface area contributed by atoms with Crippen LogP contribution in [0.2, 0.25) is 0 Å². The predicted molar refractivity (Wildman–Crippen MR) is 83.7 cm³/mol. The Bertz CT molecular complexity index is 797. The van der Waals surface area contributed by atoms with Crippen molar-refractivity contribution in [3.8, 4) is 0 Å². The second kappa shape index (κ2) is 5.83. The summed E-state index contributed by atoms with van der Waals surface area (Å²) in [5, 5.41) is 11.0. The van der Waals surface area contributed by atoms with Crippen LogP contribution in [0.3, 0.4) is 0 Å². The smallest absolute Gasteiger partial charge is 0.268 e. The lowest BCUT2D eigenvalue weighted by molar-refractivity contribution is -0.125. The molecular formula is C16H17FN4O2. The van der Waals surface area contributed by atoms with Gasteiger partial charge < -0.3 is 10.2 Å². The summed E-state index contributed by atoms with van der Waals surface area (Å²) in [6, 6.07) is 6.07. The van der Waals surface area contributed by atoms with Crippen LogP contribution in [0.1, 0.15) is 23.4 Å². The summed E-state index contributed by atoms with van der Waals surface area (Å²) in [6.07, 6.45) is -0.430. The molecule has 0 saturated carbocycles. The first kappa shape index (κ1) is 15.2. The molecule has 2 heterocycles. The first-order chi connectivity index (χ1) is 11.0. The largest absolute Gasteiger partial charge is 0.382 e. The van der Waals surface area contributed by atoms with E-state index in [0.29, 0.717) is 23.4 Å². The lowest BCUT2D eigenvalue weighted by Gasteiger charge is -2.09. The number of hydrogen-bond donors (Lipinski definition) is 1. The third kappa shape index (κ3) is 2.94. The highest BCUT2D eigenvalue weighted by atomic mass is 19.1. The summed E-state index contributed by atoms with van der Waals surface area (Å²) in [4.78, 5) is 17.6. The maximum absolute atomic E-state index is 13.3. The molecule has 0 bridgehead atoms. The molecule has 7 heteroatoms. The van der Waals surface area contributed by atoms with E-state index in [-0.39, 0.29) is 11.7 Å². The summed E-state index contributed by atoms with van der Waals surface area (Å²) in [7, 11) is 1.81. The maximum atomic E-state index is 13.3. The fourth-order valence-corrected chi connectivity index (χ4v) is 2.51. The molecule has 1 aromatic heterocycles.